The molecule has 0 aromatic heterocycles. The van der Waals surface area contributed by atoms with Crippen molar-refractivity contribution in [1.29, 1.82) is 0 Å². The maximum Gasteiger partial charge on any atom is 0.505 e. The molecule has 1 unspecified atom stereocenters. The summed E-state index contributed by atoms with van der Waals surface area (Å²) in [5.74, 6) is -0.807. The molecule has 0 spiro atoms. The summed E-state index contributed by atoms with van der Waals surface area (Å²) >= 11 is 0. The number of hydrogen-bond acceptors (Lipinski definition) is 2. The number of carbonyl (C=O) groups is 1. The number of hydrogen-bond donors (Lipinski definition) is 2. The lowest BCUT2D eigenvalue weighted by molar-refractivity contribution is -0.137. The lowest BCUT2D eigenvalue weighted by Gasteiger charge is -1.90. The molecule has 0 saturated heterocycles. The van der Waals surface area contributed by atoms with E-state index in [2.05, 4.69) is 0 Å². The summed E-state index contributed by atoms with van der Waals surface area (Å²) in [4.78, 5) is 18.3. The number of aliphatic carboxylic acids is 1. The van der Waals surface area contributed by atoms with Crippen LogP contribution in [-0.2, 0) is 9.36 Å². The minimum Gasteiger partial charge on any atom is -0.481 e. The molecular formula is C6H12O4P+. The summed E-state index contributed by atoms with van der Waals surface area (Å²) in [5.41, 5.74) is 0. The van der Waals surface area contributed by atoms with Gasteiger partial charge in [0.1, 0.15) is 0 Å². The minimum atomic E-state index is -2.03. The van der Waals surface area contributed by atoms with Gasteiger partial charge in [-0.1, -0.05) is 0 Å². The van der Waals surface area contributed by atoms with Gasteiger partial charge in [-0.15, -0.1) is 0 Å². The smallest absolute Gasteiger partial charge is 0.481 e. The van der Waals surface area contributed by atoms with Gasteiger partial charge in [-0.3, -0.25) is 4.79 Å². The van der Waals surface area contributed by atoms with Crippen molar-refractivity contribution in [2.75, 3.05) is 6.16 Å². The summed E-state index contributed by atoms with van der Waals surface area (Å²) in [6.07, 6.45) is 2.39. The summed E-state index contributed by atoms with van der Waals surface area (Å²) < 4.78 is 10.1. The number of carboxylic acid groups (broad SMARTS) is 1. The van der Waals surface area contributed by atoms with Crippen molar-refractivity contribution in [3.05, 3.63) is 0 Å². The lowest BCUT2D eigenvalue weighted by atomic mass is 10.2. The zero-order chi connectivity index (χ0) is 8.69. The highest BCUT2D eigenvalue weighted by molar-refractivity contribution is 7.37. The van der Waals surface area contributed by atoms with Crippen LogP contribution in [0.15, 0.2) is 0 Å². The van der Waals surface area contributed by atoms with E-state index in [-0.39, 0.29) is 12.6 Å². The van der Waals surface area contributed by atoms with E-state index >= 15 is 0 Å². The van der Waals surface area contributed by atoms with E-state index < -0.39 is 14.0 Å². The molecule has 0 aliphatic carbocycles. The van der Waals surface area contributed by atoms with Crippen LogP contribution in [0.4, 0.5) is 0 Å². The zero-order valence-corrected chi connectivity index (χ0v) is 7.09. The molecule has 0 saturated carbocycles. The van der Waals surface area contributed by atoms with Crippen LogP contribution in [0.3, 0.4) is 0 Å². The molecule has 0 aliphatic heterocycles. The summed E-state index contributed by atoms with van der Waals surface area (Å²) in [7, 11) is -2.03. The van der Waals surface area contributed by atoms with Crippen LogP contribution >= 0.6 is 8.03 Å². The number of unbranched alkanes of at least 4 members (excludes halogenated alkanes) is 2. The van der Waals surface area contributed by atoms with E-state index in [1.54, 1.807) is 0 Å². The number of carboxylic acids is 1. The fourth-order valence-electron chi connectivity index (χ4n) is 0.700. The maximum absolute atomic E-state index is 10.1. The molecule has 11 heavy (non-hydrogen) atoms. The van der Waals surface area contributed by atoms with Gasteiger partial charge in [-0.05, 0) is 23.8 Å². The minimum absolute atomic E-state index is 0.155. The molecular weight excluding hydrogens is 167 g/mol. The zero-order valence-electron chi connectivity index (χ0n) is 6.19. The Morgan fingerprint density at radius 3 is 2.36 bits per heavy atom. The van der Waals surface area contributed by atoms with Crippen LogP contribution in [0.5, 0.6) is 0 Å². The molecule has 4 nitrogen and oxygen atoms in total. The Morgan fingerprint density at radius 2 is 1.91 bits per heavy atom. The van der Waals surface area contributed by atoms with Gasteiger partial charge in [0.05, 0.1) is 0 Å². The van der Waals surface area contributed by atoms with Gasteiger partial charge in [0, 0.05) is 6.42 Å². The first kappa shape index (κ1) is 10.5. The quantitative estimate of drug-likeness (QED) is 0.477. The fraction of sp³-hybridized carbons (Fsp3) is 0.833. The average Bonchev–Trinajstić information content (AvgIpc) is 1.85. The third-order valence-electron chi connectivity index (χ3n) is 1.24. The fourth-order valence-corrected chi connectivity index (χ4v) is 1.19. The largest absolute Gasteiger partial charge is 0.505 e. The summed E-state index contributed by atoms with van der Waals surface area (Å²) in [6.45, 7) is 0. The van der Waals surface area contributed by atoms with E-state index in [4.69, 9.17) is 10.00 Å². The molecule has 0 radical (unpaired) electrons. The summed E-state index contributed by atoms with van der Waals surface area (Å²) in [6, 6.07) is 0. The van der Waals surface area contributed by atoms with Gasteiger partial charge in [0.15, 0.2) is 6.16 Å². The van der Waals surface area contributed by atoms with Crippen molar-refractivity contribution in [2.45, 2.75) is 25.7 Å². The maximum atomic E-state index is 10.1. The van der Waals surface area contributed by atoms with Gasteiger partial charge in [0.25, 0.3) is 0 Å². The van der Waals surface area contributed by atoms with Gasteiger partial charge in [-0.25, -0.2) is 0 Å². The Hall–Kier alpha value is -0.470. The SMILES string of the molecule is O=C(O)CCCCC[P+](=O)O. The molecule has 64 valence electrons. The van der Waals surface area contributed by atoms with Crippen molar-refractivity contribution in [3.8, 4) is 0 Å². The summed E-state index contributed by atoms with van der Waals surface area (Å²) in [5, 5.41) is 8.21. The first-order valence-corrected chi connectivity index (χ1v) is 4.88. The van der Waals surface area contributed by atoms with Gasteiger partial charge in [0.2, 0.25) is 0 Å². The van der Waals surface area contributed by atoms with Crippen LogP contribution in [0, 0.1) is 0 Å². The predicted octanol–water partition coefficient (Wildman–Crippen LogP) is 1.37. The van der Waals surface area contributed by atoms with E-state index in [0.29, 0.717) is 19.3 Å². The molecule has 0 aromatic carbocycles. The third kappa shape index (κ3) is 9.53. The topological polar surface area (TPSA) is 74.6 Å². The molecule has 2 N–H and O–H groups in total. The van der Waals surface area contributed by atoms with E-state index in [1.165, 1.54) is 0 Å². The first-order chi connectivity index (χ1) is 5.13. The third-order valence-corrected chi connectivity index (χ3v) is 1.94. The van der Waals surface area contributed by atoms with Gasteiger partial charge >= 0.3 is 14.0 Å². The molecule has 0 rings (SSSR count). The molecule has 0 aromatic rings. The van der Waals surface area contributed by atoms with E-state index in [0.717, 1.165) is 0 Å². The van der Waals surface area contributed by atoms with E-state index in [1.807, 2.05) is 0 Å². The second-order valence-electron chi connectivity index (χ2n) is 2.28. The van der Waals surface area contributed by atoms with Crippen LogP contribution in [-0.4, -0.2) is 22.1 Å². The van der Waals surface area contributed by atoms with Gasteiger partial charge < -0.3 is 5.11 Å². The Balaban J connectivity index is 3.03. The van der Waals surface area contributed by atoms with Crippen LogP contribution < -0.4 is 0 Å². The first-order valence-electron chi connectivity index (χ1n) is 3.48. The van der Waals surface area contributed by atoms with Crippen molar-refractivity contribution >= 4 is 14.0 Å². The molecule has 0 aliphatic rings. The van der Waals surface area contributed by atoms with Crippen molar-refractivity contribution < 1.29 is 19.4 Å². The predicted molar refractivity (Wildman–Crippen MR) is 40.8 cm³/mol. The highest BCUT2D eigenvalue weighted by atomic mass is 31.1. The van der Waals surface area contributed by atoms with Crippen molar-refractivity contribution in [2.24, 2.45) is 0 Å². The van der Waals surface area contributed by atoms with E-state index in [9.17, 15) is 9.36 Å². The molecule has 0 fully saturated rings. The van der Waals surface area contributed by atoms with Crippen LogP contribution in [0.1, 0.15) is 25.7 Å². The Morgan fingerprint density at radius 1 is 1.27 bits per heavy atom. The molecule has 0 bridgehead atoms. The molecule has 0 heterocycles. The molecule has 0 amide bonds. The average molecular weight is 179 g/mol. The Kier molecular flexibility index (Phi) is 5.99. The second kappa shape index (κ2) is 6.25. The van der Waals surface area contributed by atoms with Crippen LogP contribution in [0.25, 0.3) is 0 Å². The van der Waals surface area contributed by atoms with Crippen LogP contribution in [0.2, 0.25) is 0 Å². The Bertz CT molecular complexity index is 130. The standard InChI is InChI=1S/C6H11O4P/c7-6(8)4-2-1-3-5-11(9)10/h1-5H2,(H-,7,8,9,10)/p+1. The Labute approximate surface area is 66.1 Å². The van der Waals surface area contributed by atoms with Gasteiger partial charge in [-0.2, -0.15) is 4.89 Å². The molecule has 1 atom stereocenters. The highest BCUT2D eigenvalue weighted by Gasteiger charge is 2.08. The molecule has 5 heteroatoms. The highest BCUT2D eigenvalue weighted by Crippen LogP contribution is 2.15. The number of rotatable bonds is 6. The lowest BCUT2D eigenvalue weighted by Crippen LogP contribution is -1.93. The normalized spacial score (nSPS) is 11.2. The monoisotopic (exact) mass is 179 g/mol. The van der Waals surface area contributed by atoms with Crippen molar-refractivity contribution in [1.82, 2.24) is 0 Å². The second-order valence-corrected chi connectivity index (χ2v) is 3.43. The van der Waals surface area contributed by atoms with Crippen molar-refractivity contribution in [3.63, 3.8) is 0 Å².